The Kier molecular flexibility index (Phi) is 6.46. The highest BCUT2D eigenvalue weighted by atomic mass is 16.6. The highest BCUT2D eigenvalue weighted by Crippen LogP contribution is 2.21. The molecule has 1 aromatic carbocycles. The van der Waals surface area contributed by atoms with Crippen LogP contribution in [0.15, 0.2) is 29.8 Å². The lowest BCUT2D eigenvalue weighted by Gasteiger charge is -2.07. The van der Waals surface area contributed by atoms with Crippen molar-refractivity contribution in [3.05, 3.63) is 35.4 Å². The number of methoxy groups -OCH3 is 2. The highest BCUT2D eigenvalue weighted by Gasteiger charge is 2.16. The highest BCUT2D eigenvalue weighted by molar-refractivity contribution is 6.19. The molecule has 108 valence electrons. The molecule has 0 saturated heterocycles. The number of carbonyl (C=O) groups excluding carboxylic acids is 2. The molecule has 20 heavy (non-hydrogen) atoms. The van der Waals surface area contributed by atoms with Gasteiger partial charge in [0.15, 0.2) is 5.78 Å². The van der Waals surface area contributed by atoms with Crippen LogP contribution in [0.5, 0.6) is 5.75 Å². The number of ether oxygens (including phenoxy) is 3. The fourth-order valence-electron chi connectivity index (χ4n) is 1.54. The molecule has 0 amide bonds. The van der Waals surface area contributed by atoms with Gasteiger partial charge in [-0.25, -0.2) is 4.79 Å². The zero-order chi connectivity index (χ0) is 15.0. The quantitative estimate of drug-likeness (QED) is 0.250. The number of hydrogen-bond acceptors (Lipinski definition) is 5. The van der Waals surface area contributed by atoms with Gasteiger partial charge in [0.2, 0.25) is 0 Å². The van der Waals surface area contributed by atoms with Crippen LogP contribution in [0.2, 0.25) is 0 Å². The first kappa shape index (κ1) is 15.9. The molecule has 0 unspecified atom stereocenters. The molecule has 0 saturated carbocycles. The van der Waals surface area contributed by atoms with E-state index in [1.54, 1.807) is 24.3 Å². The smallest absolute Gasteiger partial charge is 0.341 e. The number of hydrogen-bond donors (Lipinski definition) is 0. The number of ketones is 1. The molecule has 0 aliphatic rings. The first-order valence-electron chi connectivity index (χ1n) is 6.12. The lowest BCUT2D eigenvalue weighted by atomic mass is 10.1. The molecule has 0 N–H and O–H groups in total. The number of para-hydroxylation sites is 1. The van der Waals surface area contributed by atoms with Gasteiger partial charge in [0, 0.05) is 12.7 Å². The molecule has 0 radical (unpaired) electrons. The first-order chi connectivity index (χ1) is 9.60. The molecule has 1 rings (SSSR count). The van der Waals surface area contributed by atoms with Crippen molar-refractivity contribution in [3.8, 4) is 5.75 Å². The fraction of sp³-hybridized carbons (Fsp3) is 0.333. The van der Waals surface area contributed by atoms with E-state index in [-0.39, 0.29) is 24.6 Å². The van der Waals surface area contributed by atoms with E-state index in [4.69, 9.17) is 14.2 Å². The summed E-state index contributed by atoms with van der Waals surface area (Å²) in [5.41, 5.74) is 0.620. The maximum absolute atomic E-state index is 11.9. The van der Waals surface area contributed by atoms with Crippen molar-refractivity contribution in [2.75, 3.05) is 27.4 Å². The summed E-state index contributed by atoms with van der Waals surface area (Å²) in [5, 5.41) is 0. The molecule has 1 aromatic rings. The Morgan fingerprint density at radius 3 is 2.45 bits per heavy atom. The molecule has 0 spiro atoms. The van der Waals surface area contributed by atoms with E-state index < -0.39 is 5.97 Å². The van der Waals surface area contributed by atoms with E-state index in [1.165, 1.54) is 27.2 Å². The Bertz CT molecular complexity index is 505. The van der Waals surface area contributed by atoms with Crippen LogP contribution < -0.4 is 4.74 Å². The predicted octanol–water partition coefficient (Wildman–Crippen LogP) is 1.86. The normalized spacial score (nSPS) is 11.1. The van der Waals surface area contributed by atoms with Crippen LogP contribution in [0.3, 0.4) is 0 Å². The summed E-state index contributed by atoms with van der Waals surface area (Å²) in [4.78, 5) is 23.4. The summed E-state index contributed by atoms with van der Waals surface area (Å²) in [6.45, 7) is 1.70. The summed E-state index contributed by atoms with van der Waals surface area (Å²) in [5.74, 6) is -0.449. The molecule has 0 atom stereocenters. The maximum Gasteiger partial charge on any atom is 0.341 e. The lowest BCUT2D eigenvalue weighted by Crippen LogP contribution is -2.16. The Labute approximate surface area is 118 Å². The number of carbonyl (C=O) groups is 2. The van der Waals surface area contributed by atoms with Crippen LogP contribution in [0.4, 0.5) is 0 Å². The van der Waals surface area contributed by atoms with Crippen LogP contribution >= 0.6 is 0 Å². The van der Waals surface area contributed by atoms with Gasteiger partial charge in [0.05, 0.1) is 13.7 Å². The molecule has 0 aliphatic carbocycles. The van der Waals surface area contributed by atoms with Crippen LogP contribution in [-0.4, -0.2) is 39.2 Å². The van der Waals surface area contributed by atoms with Gasteiger partial charge in [-0.3, -0.25) is 4.79 Å². The summed E-state index contributed by atoms with van der Waals surface area (Å²) in [6.07, 6.45) is 1.47. The minimum Gasteiger partial charge on any atom is -0.496 e. The second-order valence-corrected chi connectivity index (χ2v) is 3.98. The van der Waals surface area contributed by atoms with Gasteiger partial charge in [-0.2, -0.15) is 0 Å². The minimum atomic E-state index is -0.666. The topological polar surface area (TPSA) is 61.8 Å². The largest absolute Gasteiger partial charge is 0.496 e. The van der Waals surface area contributed by atoms with E-state index in [0.29, 0.717) is 11.3 Å². The first-order valence-corrected chi connectivity index (χ1v) is 6.12. The predicted molar refractivity (Wildman–Crippen MR) is 74.5 cm³/mol. The summed E-state index contributed by atoms with van der Waals surface area (Å²) >= 11 is 0. The van der Waals surface area contributed by atoms with Crippen molar-refractivity contribution in [1.29, 1.82) is 0 Å². The molecule has 5 nitrogen and oxygen atoms in total. The third-order valence-electron chi connectivity index (χ3n) is 2.56. The van der Waals surface area contributed by atoms with Gasteiger partial charge in [0.1, 0.15) is 17.9 Å². The maximum atomic E-state index is 11.9. The summed E-state index contributed by atoms with van der Waals surface area (Å²) < 4.78 is 14.9. The standard InChI is InChI=1S/C15H18O5/c1-11(16)13(15(17)20-9-8-18-2)10-12-6-4-5-7-14(12)19-3/h4-7,10H,8-9H2,1-3H3/b13-10-. The SMILES string of the molecule is COCCOC(=O)/C(=C\c1ccccc1OC)C(C)=O. The second kappa shape index (κ2) is 8.12. The van der Waals surface area contributed by atoms with Crippen LogP contribution in [0.1, 0.15) is 12.5 Å². The molecule has 5 heteroatoms. The van der Waals surface area contributed by atoms with E-state index in [1.807, 2.05) is 0 Å². The van der Waals surface area contributed by atoms with Crippen molar-refractivity contribution in [2.45, 2.75) is 6.92 Å². The van der Waals surface area contributed by atoms with Gasteiger partial charge in [-0.15, -0.1) is 0 Å². The molecule has 0 fully saturated rings. The van der Waals surface area contributed by atoms with Gasteiger partial charge >= 0.3 is 5.97 Å². The monoisotopic (exact) mass is 278 g/mol. The van der Waals surface area contributed by atoms with Gasteiger partial charge in [-0.05, 0) is 19.1 Å². The molecular weight excluding hydrogens is 260 g/mol. The van der Waals surface area contributed by atoms with Crippen molar-refractivity contribution >= 4 is 17.8 Å². The number of rotatable bonds is 7. The number of Topliss-reactive ketones (excluding diaryl/α,β-unsaturated/α-hetero) is 1. The zero-order valence-electron chi connectivity index (χ0n) is 11.8. The van der Waals surface area contributed by atoms with Gasteiger partial charge in [-0.1, -0.05) is 18.2 Å². The molecule has 0 bridgehead atoms. The van der Waals surface area contributed by atoms with E-state index in [9.17, 15) is 9.59 Å². The molecule has 0 heterocycles. The Hall–Kier alpha value is -2.14. The zero-order valence-corrected chi connectivity index (χ0v) is 11.8. The van der Waals surface area contributed by atoms with E-state index in [0.717, 1.165) is 0 Å². The average molecular weight is 278 g/mol. The summed E-state index contributed by atoms with van der Waals surface area (Å²) in [6, 6.07) is 7.10. The molecular formula is C15H18O5. The van der Waals surface area contributed by atoms with Gasteiger partial charge < -0.3 is 14.2 Å². The van der Waals surface area contributed by atoms with Crippen molar-refractivity contribution in [2.24, 2.45) is 0 Å². The van der Waals surface area contributed by atoms with Crippen LogP contribution in [0.25, 0.3) is 6.08 Å². The number of benzene rings is 1. The second-order valence-electron chi connectivity index (χ2n) is 3.98. The third-order valence-corrected chi connectivity index (χ3v) is 2.56. The lowest BCUT2D eigenvalue weighted by molar-refractivity contribution is -0.141. The Morgan fingerprint density at radius 1 is 1.15 bits per heavy atom. The molecule has 0 aromatic heterocycles. The number of esters is 1. The van der Waals surface area contributed by atoms with Crippen molar-refractivity contribution in [1.82, 2.24) is 0 Å². The fourth-order valence-corrected chi connectivity index (χ4v) is 1.54. The third kappa shape index (κ3) is 4.51. The minimum absolute atomic E-state index is 0.0226. The average Bonchev–Trinajstić information content (AvgIpc) is 2.44. The van der Waals surface area contributed by atoms with Gasteiger partial charge in [0.25, 0.3) is 0 Å². The molecule has 0 aliphatic heterocycles. The van der Waals surface area contributed by atoms with E-state index in [2.05, 4.69) is 0 Å². The van der Waals surface area contributed by atoms with E-state index >= 15 is 0 Å². The Balaban J connectivity index is 2.98. The Morgan fingerprint density at radius 2 is 1.85 bits per heavy atom. The van der Waals surface area contributed by atoms with Crippen LogP contribution in [-0.2, 0) is 19.1 Å². The van der Waals surface area contributed by atoms with Crippen molar-refractivity contribution < 1.29 is 23.8 Å². The van der Waals surface area contributed by atoms with Crippen molar-refractivity contribution in [3.63, 3.8) is 0 Å². The summed E-state index contributed by atoms with van der Waals surface area (Å²) in [7, 11) is 3.03. The van der Waals surface area contributed by atoms with Crippen LogP contribution in [0, 0.1) is 0 Å².